The highest BCUT2D eigenvalue weighted by atomic mass is 19.1. The van der Waals surface area contributed by atoms with Crippen LogP contribution >= 0.6 is 0 Å². The van der Waals surface area contributed by atoms with Gasteiger partial charge in [-0.3, -0.25) is 4.79 Å². The molecule has 11 heteroatoms. The van der Waals surface area contributed by atoms with Crippen LogP contribution < -0.4 is 10.4 Å². The summed E-state index contributed by atoms with van der Waals surface area (Å²) in [4.78, 5) is 42.1. The molecule has 4 aromatic rings. The van der Waals surface area contributed by atoms with Crippen molar-refractivity contribution in [1.29, 1.82) is 0 Å². The average Bonchev–Trinajstić information content (AvgIpc) is 3.28. The van der Waals surface area contributed by atoms with Crippen molar-refractivity contribution in [3.63, 3.8) is 0 Å². The van der Waals surface area contributed by atoms with E-state index in [-0.39, 0.29) is 25.4 Å². The molecule has 9 nitrogen and oxygen atoms in total. The first-order chi connectivity index (χ1) is 21.2. The molecule has 0 unspecified atom stereocenters. The SMILES string of the molecule is Cc1cc(F)ccc1-c1cc(Cn2ccn(C)c2=NC(=O)OC(C)(C)C)cc2c1OC[C@H](Cc1ccc(F)c(C(=O)O)c1)C2=O. The molecule has 234 valence electrons. The first kappa shape index (κ1) is 31.4. The Morgan fingerprint density at radius 1 is 1.02 bits per heavy atom. The van der Waals surface area contributed by atoms with Gasteiger partial charge in [0.1, 0.15) is 23.0 Å². The molecule has 45 heavy (non-hydrogen) atoms. The Bertz CT molecular complexity index is 1900. The molecule has 1 atom stereocenters. The van der Waals surface area contributed by atoms with Crippen LogP contribution in [-0.4, -0.2) is 44.3 Å². The zero-order valence-corrected chi connectivity index (χ0v) is 25.6. The lowest BCUT2D eigenvalue weighted by Gasteiger charge is -2.27. The Morgan fingerprint density at radius 2 is 1.76 bits per heavy atom. The van der Waals surface area contributed by atoms with Crippen molar-refractivity contribution in [1.82, 2.24) is 9.13 Å². The maximum Gasteiger partial charge on any atom is 0.437 e. The topological polar surface area (TPSA) is 112 Å². The van der Waals surface area contributed by atoms with Crippen LogP contribution in [0.1, 0.15) is 58.2 Å². The summed E-state index contributed by atoms with van der Waals surface area (Å²) < 4.78 is 43.0. The van der Waals surface area contributed by atoms with Crippen molar-refractivity contribution in [2.45, 2.75) is 46.3 Å². The summed E-state index contributed by atoms with van der Waals surface area (Å²) in [7, 11) is 1.74. The summed E-state index contributed by atoms with van der Waals surface area (Å²) in [6.45, 7) is 7.26. The molecular weight excluding hydrogens is 584 g/mol. The fourth-order valence-corrected chi connectivity index (χ4v) is 5.37. The van der Waals surface area contributed by atoms with Gasteiger partial charge in [-0.2, -0.15) is 0 Å². The van der Waals surface area contributed by atoms with Crippen LogP contribution in [0.5, 0.6) is 5.75 Å². The summed E-state index contributed by atoms with van der Waals surface area (Å²) in [5.41, 5.74) is 2.55. The zero-order valence-electron chi connectivity index (χ0n) is 25.6. The third kappa shape index (κ3) is 6.87. The molecule has 0 fully saturated rings. The smallest absolute Gasteiger partial charge is 0.437 e. The van der Waals surface area contributed by atoms with Crippen molar-refractivity contribution in [3.05, 3.63) is 106 Å². The summed E-state index contributed by atoms with van der Waals surface area (Å²) in [6.07, 6.45) is 2.89. The molecule has 0 radical (unpaired) electrons. The number of fused-ring (bicyclic) bond motifs is 1. The van der Waals surface area contributed by atoms with Gasteiger partial charge < -0.3 is 23.7 Å². The number of carbonyl (C=O) groups is 3. The number of imidazole rings is 1. The monoisotopic (exact) mass is 617 g/mol. The lowest BCUT2D eigenvalue weighted by atomic mass is 9.85. The third-order valence-electron chi connectivity index (χ3n) is 7.42. The van der Waals surface area contributed by atoms with E-state index in [1.807, 2.05) is 6.07 Å². The number of hydrogen-bond acceptors (Lipinski definition) is 5. The van der Waals surface area contributed by atoms with E-state index in [0.29, 0.717) is 44.7 Å². The largest absolute Gasteiger partial charge is 0.491 e. The Labute approximate surface area is 258 Å². The molecule has 1 aliphatic heterocycles. The number of benzene rings is 3. The number of hydrogen-bond donors (Lipinski definition) is 1. The first-order valence-corrected chi connectivity index (χ1v) is 14.3. The van der Waals surface area contributed by atoms with Crippen LogP contribution in [0.3, 0.4) is 0 Å². The Morgan fingerprint density at radius 3 is 2.44 bits per heavy atom. The van der Waals surface area contributed by atoms with Gasteiger partial charge in [-0.15, -0.1) is 4.99 Å². The van der Waals surface area contributed by atoms with Gasteiger partial charge in [-0.05, 0) is 92.8 Å². The Hall–Kier alpha value is -5.06. The van der Waals surface area contributed by atoms with Gasteiger partial charge in [-0.1, -0.05) is 12.1 Å². The van der Waals surface area contributed by atoms with Crippen molar-refractivity contribution >= 4 is 17.8 Å². The molecular formula is C34H33F2N3O6. The number of halogens is 2. The fraction of sp³-hybridized carbons (Fsp3) is 0.294. The van der Waals surface area contributed by atoms with Crippen LogP contribution in [0, 0.1) is 24.5 Å². The van der Waals surface area contributed by atoms with Gasteiger partial charge in [0.15, 0.2) is 5.78 Å². The molecule has 0 aliphatic carbocycles. The highest BCUT2D eigenvalue weighted by Crippen LogP contribution is 2.40. The van der Waals surface area contributed by atoms with Gasteiger partial charge in [0.05, 0.1) is 30.2 Å². The van der Waals surface area contributed by atoms with E-state index in [1.165, 1.54) is 24.3 Å². The van der Waals surface area contributed by atoms with Gasteiger partial charge in [0.2, 0.25) is 5.62 Å². The standard InChI is InChI=1S/C34H33F2N3O6/c1-19-12-23(35)7-8-24(19)25-15-21(17-39-11-10-38(5)32(39)37-33(43)45-34(2,3)4)16-27-29(40)22(18-44-30(25)27)13-20-6-9-28(36)26(14-20)31(41)42/h6-12,14-16,22H,13,17-18H2,1-5H3,(H,41,42)/t22-/m0/s1. The molecule has 1 aliphatic rings. The second-order valence-corrected chi connectivity index (χ2v) is 12.1. The average molecular weight is 618 g/mol. The van der Waals surface area contributed by atoms with E-state index in [1.54, 1.807) is 68.4 Å². The zero-order chi connectivity index (χ0) is 32.6. The van der Waals surface area contributed by atoms with Crippen LogP contribution in [0.15, 0.2) is 65.9 Å². The maximum absolute atomic E-state index is 14.0. The fourth-order valence-electron chi connectivity index (χ4n) is 5.37. The number of carboxylic acid groups (broad SMARTS) is 1. The highest BCUT2D eigenvalue weighted by molar-refractivity contribution is 6.04. The highest BCUT2D eigenvalue weighted by Gasteiger charge is 2.32. The van der Waals surface area contributed by atoms with E-state index in [2.05, 4.69) is 4.99 Å². The second-order valence-electron chi connectivity index (χ2n) is 12.1. The Kier molecular flexibility index (Phi) is 8.46. The van der Waals surface area contributed by atoms with Gasteiger partial charge in [0, 0.05) is 25.0 Å². The summed E-state index contributed by atoms with van der Waals surface area (Å²) >= 11 is 0. The van der Waals surface area contributed by atoms with E-state index in [9.17, 15) is 28.3 Å². The number of aryl methyl sites for hydroxylation is 2. The van der Waals surface area contributed by atoms with Crippen molar-refractivity contribution < 1.29 is 37.7 Å². The van der Waals surface area contributed by atoms with E-state index in [4.69, 9.17) is 9.47 Å². The molecule has 0 saturated heterocycles. The number of rotatable bonds is 6. The predicted molar refractivity (Wildman–Crippen MR) is 161 cm³/mol. The number of carboxylic acids is 1. The van der Waals surface area contributed by atoms with Crippen LogP contribution in [0.2, 0.25) is 0 Å². The van der Waals surface area contributed by atoms with E-state index >= 15 is 0 Å². The molecule has 1 aromatic heterocycles. The van der Waals surface area contributed by atoms with E-state index < -0.39 is 40.8 Å². The summed E-state index contributed by atoms with van der Waals surface area (Å²) in [5.74, 6) is -3.18. The predicted octanol–water partition coefficient (Wildman–Crippen LogP) is 6.10. The molecule has 5 rings (SSSR count). The van der Waals surface area contributed by atoms with Crippen molar-refractivity contribution in [2.24, 2.45) is 18.0 Å². The molecule has 0 saturated carbocycles. The lowest BCUT2D eigenvalue weighted by molar-refractivity contribution is 0.0592. The lowest BCUT2D eigenvalue weighted by Crippen LogP contribution is -2.31. The van der Waals surface area contributed by atoms with Gasteiger partial charge in [0.25, 0.3) is 0 Å². The number of Topliss-reactive ketones (excluding diaryl/α,β-unsaturated/α-hetero) is 1. The number of carbonyl (C=O) groups excluding carboxylic acids is 2. The molecule has 1 N–H and O–H groups in total. The number of ketones is 1. The first-order valence-electron chi connectivity index (χ1n) is 14.3. The van der Waals surface area contributed by atoms with Gasteiger partial charge >= 0.3 is 12.1 Å². The number of amides is 1. The molecule has 1 amide bonds. The normalized spacial score (nSPS) is 15.0. The van der Waals surface area contributed by atoms with Crippen molar-refractivity contribution in [2.75, 3.05) is 6.61 Å². The van der Waals surface area contributed by atoms with Crippen LogP contribution in [-0.2, 0) is 24.8 Å². The second kappa shape index (κ2) is 12.1. The van der Waals surface area contributed by atoms with Gasteiger partial charge in [-0.25, -0.2) is 18.4 Å². The number of aromatic carboxylic acids is 1. The molecule has 0 bridgehead atoms. The van der Waals surface area contributed by atoms with E-state index in [0.717, 1.165) is 6.07 Å². The quantitative estimate of drug-likeness (QED) is 0.280. The molecule has 2 heterocycles. The number of nitrogens with zero attached hydrogens (tertiary/aromatic N) is 3. The van der Waals surface area contributed by atoms with Crippen LogP contribution in [0.4, 0.5) is 13.6 Å². The third-order valence-corrected chi connectivity index (χ3v) is 7.42. The summed E-state index contributed by atoms with van der Waals surface area (Å²) in [5, 5.41) is 9.34. The Balaban J connectivity index is 1.57. The molecule has 3 aromatic carbocycles. The number of ether oxygens (including phenoxy) is 2. The minimum absolute atomic E-state index is 0.0184. The van der Waals surface area contributed by atoms with Crippen LogP contribution in [0.25, 0.3) is 11.1 Å². The molecule has 0 spiro atoms. The maximum atomic E-state index is 14.0. The summed E-state index contributed by atoms with van der Waals surface area (Å²) in [6, 6.07) is 11.7. The minimum atomic E-state index is -1.40. The number of aromatic nitrogens is 2. The minimum Gasteiger partial charge on any atom is -0.491 e. The van der Waals surface area contributed by atoms with Crippen molar-refractivity contribution in [3.8, 4) is 16.9 Å².